The molecular formula is C27H22IN3O5S. The van der Waals surface area contributed by atoms with Crippen LogP contribution >= 0.6 is 33.9 Å². The standard InChI is InChI=1S/C27H22IN3O5S/c1-4-35-23-12-18(11-20(28)25(23)36-14-17-5-7-19(8-6-17)31(33)34)13-24-26(32)30-22-10-16(3)15(2)9-21(22)29-27(30)37-24/h5-13H,4,14H2,1-3H3/b24-13-. The van der Waals surface area contributed by atoms with Gasteiger partial charge in [-0.05, 0) is 108 Å². The van der Waals surface area contributed by atoms with Crippen LogP contribution in [0, 0.1) is 27.5 Å². The van der Waals surface area contributed by atoms with Gasteiger partial charge < -0.3 is 9.47 Å². The first-order valence-corrected chi connectivity index (χ1v) is 13.4. The average molecular weight is 627 g/mol. The molecule has 3 aromatic carbocycles. The Balaban J connectivity index is 1.49. The molecule has 0 bridgehead atoms. The molecular weight excluding hydrogens is 605 g/mol. The van der Waals surface area contributed by atoms with Crippen molar-refractivity contribution < 1.29 is 14.4 Å². The van der Waals surface area contributed by atoms with Crippen LogP contribution in [0.4, 0.5) is 5.69 Å². The quantitative estimate of drug-likeness (QED) is 0.133. The summed E-state index contributed by atoms with van der Waals surface area (Å²) < 4.78 is 15.0. The van der Waals surface area contributed by atoms with Crippen LogP contribution in [0.25, 0.3) is 22.1 Å². The molecule has 0 N–H and O–H groups in total. The lowest BCUT2D eigenvalue weighted by Crippen LogP contribution is -2.22. The summed E-state index contributed by atoms with van der Waals surface area (Å²) in [6.07, 6.45) is 1.85. The van der Waals surface area contributed by atoms with E-state index in [2.05, 4.69) is 27.6 Å². The molecule has 5 aromatic rings. The second-order valence-corrected chi connectivity index (χ2v) is 10.7. The van der Waals surface area contributed by atoms with Gasteiger partial charge in [0.25, 0.3) is 11.2 Å². The third kappa shape index (κ3) is 4.90. The zero-order chi connectivity index (χ0) is 26.3. The number of thiazole rings is 1. The molecule has 0 aliphatic carbocycles. The molecule has 0 saturated carbocycles. The van der Waals surface area contributed by atoms with Gasteiger partial charge in [-0.2, -0.15) is 0 Å². The smallest absolute Gasteiger partial charge is 0.274 e. The van der Waals surface area contributed by atoms with Gasteiger partial charge >= 0.3 is 0 Å². The van der Waals surface area contributed by atoms with Gasteiger partial charge in [-0.15, -0.1) is 0 Å². The maximum Gasteiger partial charge on any atom is 0.274 e. The van der Waals surface area contributed by atoms with E-state index >= 15 is 0 Å². The summed E-state index contributed by atoms with van der Waals surface area (Å²) in [5, 5.41) is 10.9. The van der Waals surface area contributed by atoms with Crippen molar-refractivity contribution in [3.63, 3.8) is 0 Å². The minimum atomic E-state index is -0.432. The molecule has 0 aliphatic rings. The topological polar surface area (TPSA) is 96.0 Å². The molecule has 0 amide bonds. The minimum Gasteiger partial charge on any atom is -0.490 e. The first kappa shape index (κ1) is 25.2. The highest BCUT2D eigenvalue weighted by Crippen LogP contribution is 2.35. The Hall–Kier alpha value is -3.51. The summed E-state index contributed by atoms with van der Waals surface area (Å²) in [4.78, 5) is 29.1. The molecule has 0 radical (unpaired) electrons. The van der Waals surface area contributed by atoms with Crippen molar-refractivity contribution in [2.24, 2.45) is 0 Å². The Labute approximate surface area is 229 Å². The number of aromatic nitrogens is 2. The van der Waals surface area contributed by atoms with E-state index in [1.807, 2.05) is 51.1 Å². The Morgan fingerprint density at radius 2 is 1.84 bits per heavy atom. The molecule has 2 heterocycles. The van der Waals surface area contributed by atoms with Crippen molar-refractivity contribution in [2.75, 3.05) is 6.61 Å². The van der Waals surface area contributed by atoms with Crippen LogP contribution in [0.3, 0.4) is 0 Å². The van der Waals surface area contributed by atoms with Gasteiger partial charge in [-0.25, -0.2) is 9.38 Å². The van der Waals surface area contributed by atoms with Crippen LogP contribution in [0.1, 0.15) is 29.2 Å². The maximum absolute atomic E-state index is 13.3. The molecule has 0 atom stereocenters. The molecule has 8 nitrogen and oxygen atoms in total. The zero-order valence-corrected chi connectivity index (χ0v) is 23.3. The number of imidazole rings is 1. The van der Waals surface area contributed by atoms with Gasteiger partial charge in [-0.1, -0.05) is 11.3 Å². The van der Waals surface area contributed by atoms with Gasteiger partial charge in [0, 0.05) is 12.1 Å². The number of aryl methyl sites for hydroxylation is 2. The van der Waals surface area contributed by atoms with Gasteiger partial charge in [0.1, 0.15) is 6.61 Å². The van der Waals surface area contributed by atoms with E-state index in [1.54, 1.807) is 16.5 Å². The predicted molar refractivity (Wildman–Crippen MR) is 153 cm³/mol. The van der Waals surface area contributed by atoms with Gasteiger partial charge in [0.15, 0.2) is 16.5 Å². The molecule has 188 valence electrons. The van der Waals surface area contributed by atoms with Crippen LogP contribution in [-0.4, -0.2) is 20.9 Å². The number of halogens is 1. The molecule has 0 saturated heterocycles. The summed E-state index contributed by atoms with van der Waals surface area (Å²) in [5.74, 6) is 1.14. The Morgan fingerprint density at radius 3 is 2.54 bits per heavy atom. The fourth-order valence-corrected chi connectivity index (χ4v) is 5.78. The number of rotatable bonds is 7. The van der Waals surface area contributed by atoms with Gasteiger partial charge in [0.05, 0.1) is 30.7 Å². The van der Waals surface area contributed by atoms with E-state index in [0.717, 1.165) is 36.9 Å². The van der Waals surface area contributed by atoms with E-state index in [0.29, 0.717) is 27.6 Å². The van der Waals surface area contributed by atoms with Crippen molar-refractivity contribution in [1.82, 2.24) is 9.38 Å². The van der Waals surface area contributed by atoms with Crippen molar-refractivity contribution in [3.8, 4) is 11.5 Å². The largest absolute Gasteiger partial charge is 0.490 e. The fourth-order valence-electron chi connectivity index (χ4n) is 4.01. The summed E-state index contributed by atoms with van der Waals surface area (Å²) in [7, 11) is 0. The highest BCUT2D eigenvalue weighted by molar-refractivity contribution is 14.1. The summed E-state index contributed by atoms with van der Waals surface area (Å²) in [5.41, 5.74) is 5.45. The molecule has 0 spiro atoms. The van der Waals surface area contributed by atoms with E-state index in [-0.39, 0.29) is 17.9 Å². The third-order valence-electron chi connectivity index (χ3n) is 6.01. The summed E-state index contributed by atoms with van der Waals surface area (Å²) >= 11 is 3.54. The number of hydrogen-bond donors (Lipinski definition) is 0. The van der Waals surface area contributed by atoms with Crippen LogP contribution in [-0.2, 0) is 6.61 Å². The Bertz CT molecular complexity index is 1780. The van der Waals surface area contributed by atoms with E-state index in [9.17, 15) is 14.9 Å². The van der Waals surface area contributed by atoms with E-state index in [1.165, 1.54) is 23.5 Å². The number of nitrogens with zero attached hydrogens (tertiary/aromatic N) is 3. The molecule has 0 fully saturated rings. The van der Waals surface area contributed by atoms with Crippen molar-refractivity contribution in [1.29, 1.82) is 0 Å². The van der Waals surface area contributed by atoms with Crippen molar-refractivity contribution in [3.05, 3.63) is 99.4 Å². The van der Waals surface area contributed by atoms with Crippen LogP contribution in [0.5, 0.6) is 11.5 Å². The average Bonchev–Trinajstić information content (AvgIpc) is 3.34. The number of nitro groups is 1. The molecule has 10 heteroatoms. The lowest BCUT2D eigenvalue weighted by Gasteiger charge is -2.15. The molecule has 0 aliphatic heterocycles. The minimum absolute atomic E-state index is 0.0326. The molecule has 2 aromatic heterocycles. The highest BCUT2D eigenvalue weighted by Gasteiger charge is 2.15. The first-order valence-electron chi connectivity index (χ1n) is 11.5. The normalized spacial score (nSPS) is 11.9. The van der Waals surface area contributed by atoms with Crippen LogP contribution < -0.4 is 19.6 Å². The highest BCUT2D eigenvalue weighted by atomic mass is 127. The van der Waals surface area contributed by atoms with E-state index in [4.69, 9.17) is 9.47 Å². The summed E-state index contributed by atoms with van der Waals surface area (Å²) in [6.45, 7) is 6.63. The SMILES string of the molecule is CCOc1cc(/C=c2\sc3nc4cc(C)c(C)cc4n3c2=O)cc(I)c1OCc1ccc([N+](=O)[O-])cc1. The molecule has 0 unspecified atom stereocenters. The molecule has 37 heavy (non-hydrogen) atoms. The van der Waals surface area contributed by atoms with Gasteiger partial charge in [-0.3, -0.25) is 14.9 Å². The monoisotopic (exact) mass is 627 g/mol. The maximum atomic E-state index is 13.3. The second-order valence-electron chi connectivity index (χ2n) is 8.55. The first-order chi connectivity index (χ1) is 17.7. The number of ether oxygens (including phenoxy) is 2. The molecule has 5 rings (SSSR count). The number of hydrogen-bond acceptors (Lipinski definition) is 7. The Morgan fingerprint density at radius 1 is 1.11 bits per heavy atom. The van der Waals surface area contributed by atoms with Crippen LogP contribution in [0.2, 0.25) is 0 Å². The Kier molecular flexibility index (Phi) is 6.86. The van der Waals surface area contributed by atoms with Crippen molar-refractivity contribution in [2.45, 2.75) is 27.4 Å². The lowest BCUT2D eigenvalue weighted by molar-refractivity contribution is -0.384. The number of benzene rings is 3. The summed E-state index contributed by atoms with van der Waals surface area (Å²) in [6, 6.07) is 14.1. The zero-order valence-electron chi connectivity index (χ0n) is 20.3. The lowest BCUT2D eigenvalue weighted by atomic mass is 10.1. The fraction of sp³-hybridized carbons (Fsp3) is 0.185. The van der Waals surface area contributed by atoms with Crippen LogP contribution in [0.15, 0.2) is 53.3 Å². The number of fused-ring (bicyclic) bond motifs is 3. The number of nitro benzene ring substituents is 1. The number of non-ortho nitro benzene ring substituents is 1. The third-order valence-corrected chi connectivity index (χ3v) is 7.78. The van der Waals surface area contributed by atoms with Crippen molar-refractivity contribution >= 4 is 61.7 Å². The van der Waals surface area contributed by atoms with E-state index < -0.39 is 4.92 Å². The van der Waals surface area contributed by atoms with Gasteiger partial charge in [0.2, 0.25) is 0 Å². The second kappa shape index (κ2) is 10.1. The predicted octanol–water partition coefficient (Wildman–Crippen LogP) is 5.56.